The lowest BCUT2D eigenvalue weighted by Crippen LogP contribution is -2.29. The van der Waals surface area contributed by atoms with E-state index in [9.17, 15) is 19.2 Å². The Labute approximate surface area is 222 Å². The minimum atomic E-state index is -0.766. The Morgan fingerprint density at radius 2 is 1.46 bits per heavy atom. The normalized spacial score (nSPS) is 12.5. The molecule has 6 rings (SSSR count). The number of hydrogen-bond donors (Lipinski definition) is 0. The molecule has 0 atom stereocenters. The van der Waals surface area contributed by atoms with Crippen molar-refractivity contribution in [3.8, 4) is 11.3 Å². The molecule has 1 aliphatic rings. The van der Waals surface area contributed by atoms with Crippen LogP contribution in [0.4, 0.5) is 5.69 Å². The molecule has 8 heteroatoms. The van der Waals surface area contributed by atoms with Crippen molar-refractivity contribution in [2.45, 2.75) is 0 Å². The molecule has 39 heavy (non-hydrogen) atoms. The van der Waals surface area contributed by atoms with Gasteiger partial charge in [0.1, 0.15) is 0 Å². The van der Waals surface area contributed by atoms with E-state index in [1.165, 1.54) is 18.2 Å². The Morgan fingerprint density at radius 1 is 0.718 bits per heavy atom. The van der Waals surface area contributed by atoms with E-state index in [0.29, 0.717) is 22.5 Å². The van der Waals surface area contributed by atoms with E-state index in [4.69, 9.17) is 4.74 Å². The fourth-order valence-electron chi connectivity index (χ4n) is 4.42. The van der Waals surface area contributed by atoms with Gasteiger partial charge in [-0.15, -0.1) is 0 Å². The zero-order valence-electron chi connectivity index (χ0n) is 20.4. The van der Waals surface area contributed by atoms with Crippen molar-refractivity contribution >= 4 is 40.3 Å². The lowest BCUT2D eigenvalue weighted by molar-refractivity contribution is 0.0474. The molecule has 0 saturated carbocycles. The summed E-state index contributed by atoms with van der Waals surface area (Å²) in [6, 6.07) is 27.0. The van der Waals surface area contributed by atoms with Gasteiger partial charge in [-0.2, -0.15) is 0 Å². The number of imide groups is 1. The second kappa shape index (κ2) is 9.75. The smallest absolute Gasteiger partial charge is 0.338 e. The van der Waals surface area contributed by atoms with Crippen LogP contribution >= 0.6 is 0 Å². The number of rotatable bonds is 6. The number of anilines is 1. The third-order valence-electron chi connectivity index (χ3n) is 6.40. The number of carbonyl (C=O) groups excluding carboxylic acids is 4. The van der Waals surface area contributed by atoms with Crippen molar-refractivity contribution in [3.05, 3.63) is 126 Å². The monoisotopic (exact) mass is 513 g/mol. The molecule has 0 aliphatic carbocycles. The number of ketones is 1. The van der Waals surface area contributed by atoms with Crippen LogP contribution in [-0.4, -0.2) is 40.1 Å². The maximum absolute atomic E-state index is 13.3. The van der Waals surface area contributed by atoms with Crippen molar-refractivity contribution in [2.24, 2.45) is 0 Å². The minimum Gasteiger partial charge on any atom is -0.454 e. The van der Waals surface area contributed by atoms with Gasteiger partial charge < -0.3 is 4.74 Å². The van der Waals surface area contributed by atoms with Crippen LogP contribution in [0.5, 0.6) is 0 Å². The second-order valence-corrected chi connectivity index (χ2v) is 8.87. The zero-order valence-corrected chi connectivity index (χ0v) is 20.4. The molecule has 8 nitrogen and oxygen atoms in total. The van der Waals surface area contributed by atoms with E-state index in [0.717, 1.165) is 15.9 Å². The fraction of sp³-hybridized carbons (Fsp3) is 0.0323. The molecule has 188 valence electrons. The molecule has 0 unspecified atom stereocenters. The van der Waals surface area contributed by atoms with Crippen molar-refractivity contribution in [2.75, 3.05) is 11.5 Å². The molecule has 1 aromatic heterocycles. The molecule has 0 fully saturated rings. The van der Waals surface area contributed by atoms with Crippen LogP contribution < -0.4 is 4.90 Å². The average Bonchev–Trinajstić information content (AvgIpc) is 3.24. The first-order chi connectivity index (χ1) is 19.0. The highest BCUT2D eigenvalue weighted by molar-refractivity contribution is 6.34. The highest BCUT2D eigenvalue weighted by Crippen LogP contribution is 2.32. The van der Waals surface area contributed by atoms with Crippen molar-refractivity contribution in [1.29, 1.82) is 0 Å². The van der Waals surface area contributed by atoms with Gasteiger partial charge in [0.2, 0.25) is 0 Å². The zero-order chi connectivity index (χ0) is 26.9. The van der Waals surface area contributed by atoms with Crippen molar-refractivity contribution in [1.82, 2.24) is 9.97 Å². The quantitative estimate of drug-likeness (QED) is 0.176. The summed E-state index contributed by atoms with van der Waals surface area (Å²) in [6.45, 7) is -0.441. The molecule has 1 aliphatic heterocycles. The third kappa shape index (κ3) is 4.44. The van der Waals surface area contributed by atoms with Crippen LogP contribution in [0.25, 0.3) is 22.3 Å². The highest BCUT2D eigenvalue weighted by Gasteiger charge is 2.37. The number of aromatic nitrogens is 2. The minimum absolute atomic E-state index is 0.0674. The Kier molecular flexibility index (Phi) is 5.97. The number of esters is 1. The molecule has 0 radical (unpaired) electrons. The van der Waals surface area contributed by atoms with Crippen LogP contribution in [0.3, 0.4) is 0 Å². The molecule has 5 aromatic rings. The van der Waals surface area contributed by atoms with Crippen LogP contribution in [-0.2, 0) is 4.74 Å². The predicted molar refractivity (Wildman–Crippen MR) is 144 cm³/mol. The first kappa shape index (κ1) is 23.9. The molecule has 0 bridgehead atoms. The summed E-state index contributed by atoms with van der Waals surface area (Å²) >= 11 is 0. The number of hydrogen-bond acceptors (Lipinski definition) is 7. The molecular weight excluding hydrogens is 494 g/mol. The number of ether oxygens (including phenoxy) is 1. The first-order valence-corrected chi connectivity index (χ1v) is 12.1. The van der Waals surface area contributed by atoms with E-state index < -0.39 is 24.4 Å². The van der Waals surface area contributed by atoms with E-state index in [2.05, 4.69) is 9.97 Å². The SMILES string of the molecule is O=C(COC(=O)c1ccc2c(c1)C(=O)N(c1cccc(-c3cnc4ccccc4n3)c1)C2=O)c1ccccc1. The number of amides is 2. The highest BCUT2D eigenvalue weighted by atomic mass is 16.5. The predicted octanol–water partition coefficient (Wildman–Crippen LogP) is 5.14. The lowest BCUT2D eigenvalue weighted by Gasteiger charge is -2.15. The molecule has 2 amide bonds. The molecule has 2 heterocycles. The number of nitrogens with zero attached hydrogens (tertiary/aromatic N) is 3. The van der Waals surface area contributed by atoms with E-state index in [-0.39, 0.29) is 22.5 Å². The van der Waals surface area contributed by atoms with Gasteiger partial charge >= 0.3 is 5.97 Å². The standard InChI is InChI=1S/C31H19N3O5/c35-28(19-7-2-1-3-8-19)18-39-31(38)21-13-14-23-24(16-21)30(37)34(29(23)36)22-10-6-9-20(15-22)27-17-32-25-11-4-5-12-26(25)33-27/h1-17H,18H2. The largest absolute Gasteiger partial charge is 0.454 e. The average molecular weight is 514 g/mol. The molecule has 0 saturated heterocycles. The maximum atomic E-state index is 13.3. The summed E-state index contributed by atoms with van der Waals surface area (Å²) < 4.78 is 5.16. The Bertz CT molecular complexity index is 1800. The molecule has 0 N–H and O–H groups in total. The first-order valence-electron chi connectivity index (χ1n) is 12.1. The van der Waals surface area contributed by atoms with Crippen LogP contribution in [0, 0.1) is 0 Å². The van der Waals surface area contributed by atoms with Gasteiger partial charge in [0.25, 0.3) is 11.8 Å². The van der Waals surface area contributed by atoms with Crippen LogP contribution in [0.15, 0.2) is 103 Å². The van der Waals surface area contributed by atoms with Gasteiger partial charge in [0.15, 0.2) is 12.4 Å². The number of Topliss-reactive ketones (excluding diaryl/α,β-unsaturated/α-hetero) is 1. The maximum Gasteiger partial charge on any atom is 0.338 e. The molecule has 4 aromatic carbocycles. The fourth-order valence-corrected chi connectivity index (χ4v) is 4.42. The number of fused-ring (bicyclic) bond motifs is 2. The van der Waals surface area contributed by atoms with Gasteiger partial charge in [-0.25, -0.2) is 14.7 Å². The van der Waals surface area contributed by atoms with E-state index >= 15 is 0 Å². The van der Waals surface area contributed by atoms with E-state index in [1.54, 1.807) is 54.7 Å². The van der Waals surface area contributed by atoms with Crippen LogP contribution in [0.2, 0.25) is 0 Å². The van der Waals surface area contributed by atoms with Gasteiger partial charge in [-0.05, 0) is 42.5 Å². The summed E-state index contributed by atoms with van der Waals surface area (Å²) in [6.07, 6.45) is 1.64. The third-order valence-corrected chi connectivity index (χ3v) is 6.40. The molecular formula is C31H19N3O5. The number of para-hydroxylation sites is 2. The number of benzene rings is 4. The summed E-state index contributed by atoms with van der Waals surface area (Å²) in [7, 11) is 0. The summed E-state index contributed by atoms with van der Waals surface area (Å²) in [5, 5.41) is 0. The Hall–Kier alpha value is -5.50. The van der Waals surface area contributed by atoms with Gasteiger partial charge in [0.05, 0.1) is 45.3 Å². The number of carbonyl (C=O) groups is 4. The summed E-state index contributed by atoms with van der Waals surface area (Å²) in [4.78, 5) is 61.6. The lowest BCUT2D eigenvalue weighted by atomic mass is 10.1. The van der Waals surface area contributed by atoms with E-state index in [1.807, 2.05) is 30.3 Å². The van der Waals surface area contributed by atoms with Gasteiger partial charge in [-0.1, -0.05) is 54.6 Å². The second-order valence-electron chi connectivity index (χ2n) is 8.87. The van der Waals surface area contributed by atoms with Crippen LogP contribution in [0.1, 0.15) is 41.4 Å². The Morgan fingerprint density at radius 3 is 2.28 bits per heavy atom. The van der Waals surface area contributed by atoms with Crippen molar-refractivity contribution in [3.63, 3.8) is 0 Å². The summed E-state index contributed by atoms with van der Waals surface area (Å²) in [5.74, 6) is -2.18. The molecule has 0 spiro atoms. The summed E-state index contributed by atoms with van der Waals surface area (Å²) in [5.41, 5.74) is 3.89. The van der Waals surface area contributed by atoms with Crippen molar-refractivity contribution < 1.29 is 23.9 Å². The van der Waals surface area contributed by atoms with Gasteiger partial charge in [0, 0.05) is 11.1 Å². The topological polar surface area (TPSA) is 107 Å². The van der Waals surface area contributed by atoms with Gasteiger partial charge in [-0.3, -0.25) is 19.4 Å². The Balaban J connectivity index is 1.23.